The fourth-order valence-electron chi connectivity index (χ4n) is 2.50. The number of hydrogen-bond donors (Lipinski definition) is 1. The molecule has 0 spiro atoms. The van der Waals surface area contributed by atoms with Crippen molar-refractivity contribution in [3.05, 3.63) is 36.7 Å². The van der Waals surface area contributed by atoms with E-state index < -0.39 is 0 Å². The Morgan fingerprint density at radius 3 is 2.39 bits per heavy atom. The molecule has 23 heavy (non-hydrogen) atoms. The summed E-state index contributed by atoms with van der Waals surface area (Å²) in [5, 5.41) is 2.92. The van der Waals surface area contributed by atoms with Gasteiger partial charge >= 0.3 is 6.03 Å². The number of oxazole rings is 2. The number of nitrogens with zero attached hydrogens (tertiary/aromatic N) is 3. The number of hydrogen-bond acceptors (Lipinski definition) is 6. The molecule has 3 rings (SSSR count). The molecular weight excluding hydrogens is 300 g/mol. The first-order valence-electron chi connectivity index (χ1n) is 7.70. The van der Waals surface area contributed by atoms with Crippen molar-refractivity contribution in [3.63, 3.8) is 0 Å². The molecule has 2 amide bonds. The normalized spacial score (nSPS) is 17.8. The summed E-state index contributed by atoms with van der Waals surface area (Å²) in [6, 6.07) is -0.190. The first-order valence-corrected chi connectivity index (χ1v) is 7.70. The zero-order chi connectivity index (χ0) is 15.9. The second-order valence-electron chi connectivity index (χ2n) is 5.49. The molecule has 2 aromatic heterocycles. The molecule has 124 valence electrons. The minimum Gasteiger partial charge on any atom is -0.451 e. The number of ether oxygens (including phenoxy) is 1. The number of aromatic nitrogens is 2. The van der Waals surface area contributed by atoms with E-state index in [4.69, 9.17) is 13.6 Å². The van der Waals surface area contributed by atoms with Crippen LogP contribution in [0.1, 0.15) is 30.7 Å². The van der Waals surface area contributed by atoms with Crippen LogP contribution in [0.25, 0.3) is 0 Å². The maximum Gasteiger partial charge on any atom is 0.318 e. The molecule has 0 radical (unpaired) electrons. The van der Waals surface area contributed by atoms with Gasteiger partial charge in [0.2, 0.25) is 0 Å². The van der Waals surface area contributed by atoms with Crippen LogP contribution in [0.15, 0.2) is 34.1 Å². The van der Waals surface area contributed by atoms with E-state index in [1.807, 2.05) is 0 Å². The van der Waals surface area contributed by atoms with Crippen molar-refractivity contribution in [1.29, 1.82) is 0 Å². The molecule has 8 nitrogen and oxygen atoms in total. The molecule has 8 heteroatoms. The monoisotopic (exact) mass is 320 g/mol. The molecule has 1 N–H and O–H groups in total. The molecule has 1 saturated heterocycles. The molecule has 1 aliphatic rings. The van der Waals surface area contributed by atoms with Crippen molar-refractivity contribution in [2.45, 2.75) is 38.5 Å². The van der Waals surface area contributed by atoms with Crippen LogP contribution in [0.3, 0.4) is 0 Å². The lowest BCUT2D eigenvalue weighted by molar-refractivity contribution is 0.0176. The molecule has 0 aromatic carbocycles. The van der Waals surface area contributed by atoms with E-state index >= 15 is 0 Å². The van der Waals surface area contributed by atoms with E-state index in [1.165, 1.54) is 25.3 Å². The third kappa shape index (κ3) is 4.56. The standard InChI is InChI=1S/C15H20N4O4/c20-15(16-5-14-3-1-2-4-23-14)19(6-12-8-21-10-17-12)7-13-9-22-11-18-13/h8-11,14H,1-7H2,(H,16,20)/t14-/m0/s1. The van der Waals surface area contributed by atoms with Crippen LogP contribution in [0.2, 0.25) is 0 Å². The predicted octanol–water partition coefficient (Wildman–Crippen LogP) is 1.94. The van der Waals surface area contributed by atoms with Crippen molar-refractivity contribution in [1.82, 2.24) is 20.2 Å². The third-order valence-corrected chi connectivity index (χ3v) is 3.71. The van der Waals surface area contributed by atoms with Gasteiger partial charge in [-0.05, 0) is 19.3 Å². The van der Waals surface area contributed by atoms with Crippen LogP contribution in [0.4, 0.5) is 4.79 Å². The molecule has 2 aromatic rings. The predicted molar refractivity (Wildman–Crippen MR) is 79.2 cm³/mol. The largest absolute Gasteiger partial charge is 0.451 e. The average Bonchev–Trinajstić information content (AvgIpc) is 3.27. The van der Waals surface area contributed by atoms with Crippen molar-refractivity contribution in [2.75, 3.05) is 13.2 Å². The van der Waals surface area contributed by atoms with Crippen LogP contribution >= 0.6 is 0 Å². The number of carbonyl (C=O) groups is 1. The van der Waals surface area contributed by atoms with Gasteiger partial charge in [0.1, 0.15) is 12.5 Å². The smallest absolute Gasteiger partial charge is 0.318 e. The summed E-state index contributed by atoms with van der Waals surface area (Å²) in [7, 11) is 0. The first-order chi connectivity index (χ1) is 11.3. The topological polar surface area (TPSA) is 93.6 Å². The molecular formula is C15H20N4O4. The van der Waals surface area contributed by atoms with Crippen molar-refractivity contribution < 1.29 is 18.4 Å². The SMILES string of the molecule is O=C(NC[C@@H]1CCCCO1)N(Cc1cocn1)Cc1cocn1. The Kier molecular flexibility index (Phi) is 5.25. The van der Waals surface area contributed by atoms with Crippen molar-refractivity contribution in [2.24, 2.45) is 0 Å². The van der Waals surface area contributed by atoms with Gasteiger partial charge in [0.15, 0.2) is 12.8 Å². The van der Waals surface area contributed by atoms with Gasteiger partial charge in [-0.2, -0.15) is 0 Å². The van der Waals surface area contributed by atoms with Gasteiger partial charge in [-0.1, -0.05) is 0 Å². The molecule has 0 saturated carbocycles. The lowest BCUT2D eigenvalue weighted by atomic mass is 10.1. The Bertz CT molecular complexity index is 542. The van der Waals surface area contributed by atoms with Gasteiger partial charge in [0.05, 0.1) is 30.6 Å². The van der Waals surface area contributed by atoms with Crippen LogP contribution < -0.4 is 5.32 Å². The van der Waals surface area contributed by atoms with E-state index in [-0.39, 0.29) is 12.1 Å². The molecule has 1 aliphatic heterocycles. The van der Waals surface area contributed by atoms with Gasteiger partial charge in [0, 0.05) is 13.2 Å². The summed E-state index contributed by atoms with van der Waals surface area (Å²) in [6.07, 6.45) is 9.04. The highest BCUT2D eigenvalue weighted by Crippen LogP contribution is 2.12. The molecule has 0 unspecified atom stereocenters. The maximum absolute atomic E-state index is 12.5. The summed E-state index contributed by atoms with van der Waals surface area (Å²) < 4.78 is 15.6. The zero-order valence-electron chi connectivity index (χ0n) is 12.8. The van der Waals surface area contributed by atoms with Gasteiger partial charge in [-0.25, -0.2) is 14.8 Å². The highest BCUT2D eigenvalue weighted by atomic mass is 16.5. The number of nitrogens with one attached hydrogen (secondary N) is 1. The molecule has 3 heterocycles. The number of carbonyl (C=O) groups excluding carboxylic acids is 1. The Morgan fingerprint density at radius 2 is 1.87 bits per heavy atom. The summed E-state index contributed by atoms with van der Waals surface area (Å²) in [6.45, 7) is 1.94. The maximum atomic E-state index is 12.5. The van der Waals surface area contributed by atoms with Crippen LogP contribution in [-0.4, -0.2) is 40.2 Å². The summed E-state index contributed by atoms with van der Waals surface area (Å²) in [4.78, 5) is 22.2. The minimum atomic E-state index is -0.190. The van der Waals surface area contributed by atoms with Crippen LogP contribution in [0.5, 0.6) is 0 Å². The lowest BCUT2D eigenvalue weighted by Gasteiger charge is -2.25. The fraction of sp³-hybridized carbons (Fsp3) is 0.533. The third-order valence-electron chi connectivity index (χ3n) is 3.71. The van der Waals surface area contributed by atoms with E-state index in [1.54, 1.807) is 4.90 Å². The average molecular weight is 320 g/mol. The van der Waals surface area contributed by atoms with E-state index in [2.05, 4.69) is 15.3 Å². The molecule has 1 fully saturated rings. The number of urea groups is 1. The highest BCUT2D eigenvalue weighted by molar-refractivity contribution is 5.74. The molecule has 0 bridgehead atoms. The Morgan fingerprint density at radius 1 is 1.17 bits per heavy atom. The van der Waals surface area contributed by atoms with Crippen molar-refractivity contribution >= 4 is 6.03 Å². The summed E-state index contributed by atoms with van der Waals surface area (Å²) in [5.41, 5.74) is 1.36. The number of rotatable bonds is 6. The van der Waals surface area contributed by atoms with Gasteiger partial charge < -0.3 is 23.8 Å². The highest BCUT2D eigenvalue weighted by Gasteiger charge is 2.20. The van der Waals surface area contributed by atoms with E-state index in [9.17, 15) is 4.79 Å². The summed E-state index contributed by atoms with van der Waals surface area (Å²) >= 11 is 0. The molecule has 0 aliphatic carbocycles. The second-order valence-corrected chi connectivity index (χ2v) is 5.49. The quantitative estimate of drug-likeness (QED) is 0.874. The van der Waals surface area contributed by atoms with E-state index in [0.29, 0.717) is 31.0 Å². The van der Waals surface area contributed by atoms with Gasteiger partial charge in [-0.3, -0.25) is 0 Å². The van der Waals surface area contributed by atoms with Crippen LogP contribution in [-0.2, 0) is 17.8 Å². The summed E-state index contributed by atoms with van der Waals surface area (Å²) in [5.74, 6) is 0. The van der Waals surface area contributed by atoms with Gasteiger partial charge in [-0.15, -0.1) is 0 Å². The Balaban J connectivity index is 1.57. The second kappa shape index (κ2) is 7.77. The lowest BCUT2D eigenvalue weighted by Crippen LogP contribution is -2.43. The van der Waals surface area contributed by atoms with E-state index in [0.717, 1.165) is 25.9 Å². The minimum absolute atomic E-state index is 0.0913. The Labute approximate surface area is 133 Å². The number of amides is 2. The van der Waals surface area contributed by atoms with Crippen molar-refractivity contribution in [3.8, 4) is 0 Å². The van der Waals surface area contributed by atoms with Crippen LogP contribution in [0, 0.1) is 0 Å². The fourth-order valence-corrected chi connectivity index (χ4v) is 2.50. The zero-order valence-corrected chi connectivity index (χ0v) is 12.8. The Hall–Kier alpha value is -2.35. The molecule has 1 atom stereocenters. The van der Waals surface area contributed by atoms with Gasteiger partial charge in [0.25, 0.3) is 0 Å². The first kappa shape index (κ1) is 15.5.